The molecular formula is C18H18N2O. The normalized spacial score (nSPS) is 16.5. The molecule has 0 fully saturated rings. The van der Waals surface area contributed by atoms with Gasteiger partial charge in [-0.25, -0.2) is 0 Å². The summed E-state index contributed by atoms with van der Waals surface area (Å²) in [5, 5.41) is 3.32. The van der Waals surface area contributed by atoms with Gasteiger partial charge in [0.1, 0.15) is 0 Å². The first-order chi connectivity index (χ1) is 10.3. The Labute approximate surface area is 124 Å². The van der Waals surface area contributed by atoms with Crippen molar-refractivity contribution in [2.45, 2.75) is 26.1 Å². The van der Waals surface area contributed by atoms with Crippen molar-refractivity contribution in [1.29, 1.82) is 0 Å². The molecule has 0 spiro atoms. The van der Waals surface area contributed by atoms with Crippen LogP contribution in [0.1, 0.15) is 32.6 Å². The number of hydrogen-bond acceptors (Lipinski definition) is 2. The standard InChI is InChI=1S/C18H18N2O/c21-18(14-5-6-15-10-19-11-17(15)9-14)20-8-7-13-3-1-2-4-16(13)12-20/h1-6,9,19H,7-8,10-12H2. The van der Waals surface area contributed by atoms with Crippen LogP contribution in [0, 0.1) is 0 Å². The van der Waals surface area contributed by atoms with E-state index >= 15 is 0 Å². The highest BCUT2D eigenvalue weighted by molar-refractivity contribution is 5.94. The van der Waals surface area contributed by atoms with Crippen molar-refractivity contribution >= 4 is 5.91 Å². The zero-order chi connectivity index (χ0) is 14.2. The van der Waals surface area contributed by atoms with E-state index in [4.69, 9.17) is 0 Å². The Bertz CT molecular complexity index is 708. The summed E-state index contributed by atoms with van der Waals surface area (Å²) in [6.45, 7) is 3.33. The monoisotopic (exact) mass is 278 g/mol. The maximum absolute atomic E-state index is 12.7. The van der Waals surface area contributed by atoms with Crippen molar-refractivity contribution in [3.63, 3.8) is 0 Å². The molecule has 0 bridgehead atoms. The van der Waals surface area contributed by atoms with Crippen molar-refractivity contribution in [2.24, 2.45) is 0 Å². The summed E-state index contributed by atoms with van der Waals surface area (Å²) in [6, 6.07) is 14.5. The zero-order valence-electron chi connectivity index (χ0n) is 11.9. The molecule has 106 valence electrons. The van der Waals surface area contributed by atoms with Crippen LogP contribution in [-0.4, -0.2) is 17.4 Å². The molecule has 21 heavy (non-hydrogen) atoms. The second kappa shape index (κ2) is 5.01. The summed E-state index contributed by atoms with van der Waals surface area (Å²) in [7, 11) is 0. The third kappa shape index (κ3) is 2.24. The second-order valence-corrected chi connectivity index (χ2v) is 5.83. The highest BCUT2D eigenvalue weighted by Crippen LogP contribution is 2.22. The van der Waals surface area contributed by atoms with Gasteiger partial charge >= 0.3 is 0 Å². The largest absolute Gasteiger partial charge is 0.334 e. The first kappa shape index (κ1) is 12.6. The Morgan fingerprint density at radius 1 is 0.952 bits per heavy atom. The van der Waals surface area contributed by atoms with Crippen LogP contribution in [-0.2, 0) is 26.1 Å². The fraction of sp³-hybridized carbons (Fsp3) is 0.278. The molecule has 2 heterocycles. The summed E-state index contributed by atoms with van der Waals surface area (Å²) in [5.41, 5.74) is 6.05. The Balaban J connectivity index is 1.59. The Morgan fingerprint density at radius 3 is 2.67 bits per heavy atom. The van der Waals surface area contributed by atoms with Crippen LogP contribution >= 0.6 is 0 Å². The molecule has 0 saturated heterocycles. The van der Waals surface area contributed by atoms with Gasteiger partial charge in [0.15, 0.2) is 0 Å². The molecule has 2 aliphatic rings. The SMILES string of the molecule is O=C(c1ccc2c(c1)CNC2)N1CCc2ccccc2C1. The third-order valence-corrected chi connectivity index (χ3v) is 4.50. The molecule has 1 amide bonds. The van der Waals surface area contributed by atoms with Crippen molar-refractivity contribution in [3.05, 3.63) is 70.3 Å². The van der Waals surface area contributed by atoms with Crippen molar-refractivity contribution < 1.29 is 4.79 Å². The number of nitrogens with zero attached hydrogens (tertiary/aromatic N) is 1. The van der Waals surface area contributed by atoms with E-state index in [1.807, 2.05) is 17.0 Å². The molecule has 2 aromatic rings. The smallest absolute Gasteiger partial charge is 0.254 e. The summed E-state index contributed by atoms with van der Waals surface area (Å²) in [4.78, 5) is 14.7. The maximum atomic E-state index is 12.7. The average Bonchev–Trinajstić information content (AvgIpc) is 3.01. The Kier molecular flexibility index (Phi) is 3.00. The third-order valence-electron chi connectivity index (χ3n) is 4.50. The van der Waals surface area contributed by atoms with E-state index in [2.05, 4.69) is 35.6 Å². The molecule has 0 saturated carbocycles. The predicted octanol–water partition coefficient (Wildman–Crippen LogP) is 2.49. The van der Waals surface area contributed by atoms with Gasteiger partial charge in [0.25, 0.3) is 5.91 Å². The minimum atomic E-state index is 0.152. The summed E-state index contributed by atoms with van der Waals surface area (Å²) >= 11 is 0. The number of amides is 1. The van der Waals surface area contributed by atoms with Crippen LogP contribution in [0.5, 0.6) is 0 Å². The number of hydrogen-bond donors (Lipinski definition) is 1. The maximum Gasteiger partial charge on any atom is 0.254 e. The molecular weight excluding hydrogens is 260 g/mol. The van der Waals surface area contributed by atoms with E-state index in [-0.39, 0.29) is 5.91 Å². The van der Waals surface area contributed by atoms with Gasteiger partial charge in [0.2, 0.25) is 0 Å². The van der Waals surface area contributed by atoms with Gasteiger partial charge in [-0.05, 0) is 40.8 Å². The van der Waals surface area contributed by atoms with Crippen LogP contribution in [0.25, 0.3) is 0 Å². The van der Waals surface area contributed by atoms with Gasteiger partial charge in [0.05, 0.1) is 0 Å². The fourth-order valence-corrected chi connectivity index (χ4v) is 3.28. The lowest BCUT2D eigenvalue weighted by atomic mass is 9.98. The van der Waals surface area contributed by atoms with Crippen molar-refractivity contribution in [1.82, 2.24) is 10.2 Å². The molecule has 0 aliphatic carbocycles. The van der Waals surface area contributed by atoms with Crippen LogP contribution in [0.15, 0.2) is 42.5 Å². The number of benzene rings is 2. The van der Waals surface area contributed by atoms with E-state index < -0.39 is 0 Å². The first-order valence-corrected chi connectivity index (χ1v) is 7.50. The van der Waals surface area contributed by atoms with Crippen LogP contribution < -0.4 is 5.32 Å². The molecule has 2 aliphatic heterocycles. The Hall–Kier alpha value is -2.13. The minimum Gasteiger partial charge on any atom is -0.334 e. The van der Waals surface area contributed by atoms with Gasteiger partial charge < -0.3 is 10.2 Å². The molecule has 2 aromatic carbocycles. The van der Waals surface area contributed by atoms with Crippen molar-refractivity contribution in [3.8, 4) is 0 Å². The van der Waals surface area contributed by atoms with Gasteiger partial charge in [-0.1, -0.05) is 30.3 Å². The molecule has 0 unspecified atom stereocenters. The molecule has 0 atom stereocenters. The van der Waals surface area contributed by atoms with E-state index in [1.54, 1.807) is 0 Å². The second-order valence-electron chi connectivity index (χ2n) is 5.83. The lowest BCUT2D eigenvalue weighted by Gasteiger charge is -2.29. The van der Waals surface area contributed by atoms with Crippen LogP contribution in [0.3, 0.4) is 0 Å². The highest BCUT2D eigenvalue weighted by Gasteiger charge is 2.22. The molecule has 4 rings (SSSR count). The molecule has 3 nitrogen and oxygen atoms in total. The molecule has 3 heteroatoms. The molecule has 1 N–H and O–H groups in total. The number of nitrogens with one attached hydrogen (secondary N) is 1. The van der Waals surface area contributed by atoms with Gasteiger partial charge in [-0.2, -0.15) is 0 Å². The first-order valence-electron chi connectivity index (χ1n) is 7.50. The van der Waals surface area contributed by atoms with E-state index in [0.717, 1.165) is 38.2 Å². The number of carbonyl (C=O) groups excluding carboxylic acids is 1. The van der Waals surface area contributed by atoms with E-state index in [1.165, 1.54) is 22.3 Å². The Morgan fingerprint density at radius 2 is 1.76 bits per heavy atom. The van der Waals surface area contributed by atoms with Crippen molar-refractivity contribution in [2.75, 3.05) is 6.54 Å². The molecule has 0 radical (unpaired) electrons. The highest BCUT2D eigenvalue weighted by atomic mass is 16.2. The number of rotatable bonds is 1. The quantitative estimate of drug-likeness (QED) is 0.869. The van der Waals surface area contributed by atoms with E-state index in [0.29, 0.717) is 0 Å². The summed E-state index contributed by atoms with van der Waals surface area (Å²) < 4.78 is 0. The number of carbonyl (C=O) groups is 1. The lowest BCUT2D eigenvalue weighted by molar-refractivity contribution is 0.0734. The van der Waals surface area contributed by atoms with Gasteiger partial charge in [0, 0.05) is 31.7 Å². The zero-order valence-corrected chi connectivity index (χ0v) is 11.9. The molecule has 0 aromatic heterocycles. The number of fused-ring (bicyclic) bond motifs is 2. The fourth-order valence-electron chi connectivity index (χ4n) is 3.28. The summed E-state index contributed by atoms with van der Waals surface area (Å²) in [6.07, 6.45) is 0.953. The van der Waals surface area contributed by atoms with Crippen LogP contribution in [0.4, 0.5) is 0 Å². The summed E-state index contributed by atoms with van der Waals surface area (Å²) in [5.74, 6) is 0.152. The average molecular weight is 278 g/mol. The van der Waals surface area contributed by atoms with Gasteiger partial charge in [-0.15, -0.1) is 0 Å². The topological polar surface area (TPSA) is 32.3 Å². The van der Waals surface area contributed by atoms with Crippen LogP contribution in [0.2, 0.25) is 0 Å². The minimum absolute atomic E-state index is 0.152. The lowest BCUT2D eigenvalue weighted by Crippen LogP contribution is -2.35. The van der Waals surface area contributed by atoms with E-state index in [9.17, 15) is 4.79 Å². The van der Waals surface area contributed by atoms with Gasteiger partial charge in [-0.3, -0.25) is 4.79 Å². The predicted molar refractivity (Wildman–Crippen MR) is 81.9 cm³/mol.